The molecule has 6 nitrogen and oxygen atoms in total. The van der Waals surface area contributed by atoms with Crippen molar-refractivity contribution in [3.05, 3.63) is 11.1 Å². The highest BCUT2D eigenvalue weighted by Gasteiger charge is 2.48. The molecule has 1 fully saturated rings. The highest BCUT2D eigenvalue weighted by molar-refractivity contribution is 6.30. The first-order valence-electron chi connectivity index (χ1n) is 5.73. The Morgan fingerprint density at radius 1 is 1.44 bits per heavy atom. The first-order chi connectivity index (χ1) is 8.54. The normalized spacial score (nSPS) is 27.0. The summed E-state index contributed by atoms with van der Waals surface area (Å²) in [7, 11) is 0. The zero-order chi connectivity index (χ0) is 13.3. The molecule has 1 aliphatic heterocycles. The van der Waals surface area contributed by atoms with E-state index in [9.17, 15) is 14.4 Å². The van der Waals surface area contributed by atoms with E-state index in [4.69, 9.17) is 17.4 Å². The maximum absolute atomic E-state index is 12.1. The van der Waals surface area contributed by atoms with Gasteiger partial charge in [-0.2, -0.15) is 0 Å². The van der Waals surface area contributed by atoms with Crippen LogP contribution in [0.25, 0.3) is 0 Å². The number of carbonyl (C=O) groups excluding carboxylic acids is 3. The zero-order valence-electron chi connectivity index (χ0n) is 9.69. The molecule has 1 heterocycles. The van der Waals surface area contributed by atoms with Gasteiger partial charge in [-0.1, -0.05) is 17.7 Å². The number of hydrazine groups is 1. The number of nitrogens with zero attached hydrogens (tertiary/aromatic N) is 1. The molecular formula is C11H14ClN3O3. The second-order valence-corrected chi connectivity index (χ2v) is 4.93. The Kier molecular flexibility index (Phi) is 3.68. The largest absolute Gasteiger partial charge is 0.294 e. The van der Waals surface area contributed by atoms with Crippen molar-refractivity contribution in [3.8, 4) is 0 Å². The van der Waals surface area contributed by atoms with Crippen molar-refractivity contribution in [2.45, 2.75) is 19.3 Å². The molecular weight excluding hydrogens is 258 g/mol. The number of likely N-dealkylation sites (tertiary alicyclic amines) is 1. The molecule has 0 aromatic rings. The molecule has 2 atom stereocenters. The monoisotopic (exact) mass is 271 g/mol. The summed E-state index contributed by atoms with van der Waals surface area (Å²) in [6, 6.07) is 0. The molecule has 3 amide bonds. The molecule has 0 saturated carbocycles. The molecule has 0 aromatic heterocycles. The van der Waals surface area contributed by atoms with E-state index in [0.29, 0.717) is 17.9 Å². The van der Waals surface area contributed by atoms with Gasteiger partial charge in [-0.05, 0) is 12.8 Å². The number of hydrogen-bond acceptors (Lipinski definition) is 4. The summed E-state index contributed by atoms with van der Waals surface area (Å²) in [6.45, 7) is 0.0747. The molecule has 0 bridgehead atoms. The predicted molar refractivity (Wildman–Crippen MR) is 63.8 cm³/mol. The fourth-order valence-electron chi connectivity index (χ4n) is 2.40. The van der Waals surface area contributed by atoms with Crippen molar-refractivity contribution in [2.24, 2.45) is 17.7 Å². The lowest BCUT2D eigenvalue weighted by Gasteiger charge is -2.17. The van der Waals surface area contributed by atoms with Gasteiger partial charge < -0.3 is 0 Å². The molecule has 1 saturated heterocycles. The van der Waals surface area contributed by atoms with Gasteiger partial charge in [-0.15, -0.1) is 0 Å². The second kappa shape index (κ2) is 5.07. The summed E-state index contributed by atoms with van der Waals surface area (Å²) in [5, 5.41) is 0.624. The van der Waals surface area contributed by atoms with Crippen LogP contribution in [-0.2, 0) is 14.4 Å². The summed E-state index contributed by atoms with van der Waals surface area (Å²) in [6.07, 6.45) is 2.71. The lowest BCUT2D eigenvalue weighted by atomic mass is 9.85. The van der Waals surface area contributed by atoms with Crippen LogP contribution < -0.4 is 11.3 Å². The van der Waals surface area contributed by atoms with Crippen LogP contribution in [0.2, 0.25) is 0 Å². The fourth-order valence-corrected chi connectivity index (χ4v) is 2.66. The molecule has 18 heavy (non-hydrogen) atoms. The highest BCUT2D eigenvalue weighted by atomic mass is 35.5. The van der Waals surface area contributed by atoms with Crippen molar-refractivity contribution in [2.75, 3.05) is 6.54 Å². The van der Waals surface area contributed by atoms with Crippen molar-refractivity contribution >= 4 is 29.3 Å². The summed E-state index contributed by atoms with van der Waals surface area (Å²) in [5.41, 5.74) is 1.97. The van der Waals surface area contributed by atoms with E-state index in [1.54, 1.807) is 6.08 Å². The van der Waals surface area contributed by atoms with Crippen LogP contribution in [0.5, 0.6) is 0 Å². The van der Waals surface area contributed by atoms with Gasteiger partial charge in [0.25, 0.3) is 0 Å². The number of imide groups is 1. The molecule has 0 unspecified atom stereocenters. The first-order valence-corrected chi connectivity index (χ1v) is 6.11. The zero-order valence-corrected chi connectivity index (χ0v) is 10.4. The molecule has 0 radical (unpaired) electrons. The minimum absolute atomic E-state index is 0.0224. The van der Waals surface area contributed by atoms with Gasteiger partial charge in [-0.25, -0.2) is 5.84 Å². The van der Waals surface area contributed by atoms with Crippen molar-refractivity contribution in [1.29, 1.82) is 0 Å². The van der Waals surface area contributed by atoms with Crippen LogP contribution in [0.3, 0.4) is 0 Å². The van der Waals surface area contributed by atoms with E-state index in [1.165, 1.54) is 0 Å². The standard InChI is InChI=1S/C11H14ClN3O3/c12-6-1-2-7-8(5-6)11(18)15(10(7)17)4-3-9(16)14-13/h1,7-8H,2-5,13H2,(H,14,16)/t7-,8+/m0/s1. The Labute approximate surface area is 109 Å². The molecule has 0 spiro atoms. The third kappa shape index (κ3) is 2.26. The van der Waals surface area contributed by atoms with Crippen molar-refractivity contribution < 1.29 is 14.4 Å². The summed E-state index contributed by atoms with van der Waals surface area (Å²) in [4.78, 5) is 36.3. The van der Waals surface area contributed by atoms with E-state index < -0.39 is 5.91 Å². The summed E-state index contributed by atoms with van der Waals surface area (Å²) in [5.74, 6) is 3.41. The van der Waals surface area contributed by atoms with Gasteiger partial charge in [0.1, 0.15) is 0 Å². The van der Waals surface area contributed by atoms with Crippen molar-refractivity contribution in [1.82, 2.24) is 10.3 Å². The smallest absolute Gasteiger partial charge is 0.235 e. The SMILES string of the molecule is NNC(=O)CCN1C(=O)[C@H]2CC=C(Cl)C[C@H]2C1=O. The minimum atomic E-state index is -0.401. The number of carbonyl (C=O) groups is 3. The number of amides is 3. The molecule has 2 aliphatic rings. The van der Waals surface area contributed by atoms with Crippen molar-refractivity contribution in [3.63, 3.8) is 0 Å². The van der Waals surface area contributed by atoms with Crippen LogP contribution in [0.1, 0.15) is 19.3 Å². The van der Waals surface area contributed by atoms with Gasteiger partial charge in [0.15, 0.2) is 0 Å². The van der Waals surface area contributed by atoms with Crippen LogP contribution in [0, 0.1) is 11.8 Å². The van der Waals surface area contributed by atoms with Crippen LogP contribution in [0.15, 0.2) is 11.1 Å². The second-order valence-electron chi connectivity index (χ2n) is 4.45. The van der Waals surface area contributed by atoms with E-state index in [0.717, 1.165) is 4.90 Å². The van der Waals surface area contributed by atoms with Crippen LogP contribution in [-0.4, -0.2) is 29.2 Å². The van der Waals surface area contributed by atoms with Crippen LogP contribution >= 0.6 is 11.6 Å². The Morgan fingerprint density at radius 2 is 2.11 bits per heavy atom. The first kappa shape index (κ1) is 13.0. The Bertz CT molecular complexity index is 435. The predicted octanol–water partition coefficient (Wildman–Crippen LogP) is -0.116. The lowest BCUT2D eigenvalue weighted by molar-refractivity contribution is -0.140. The number of nitrogens with two attached hydrogens (primary N) is 1. The molecule has 7 heteroatoms. The molecule has 0 aromatic carbocycles. The van der Waals surface area contributed by atoms with E-state index >= 15 is 0 Å². The molecule has 98 valence electrons. The average Bonchev–Trinajstić information content (AvgIpc) is 2.59. The van der Waals surface area contributed by atoms with E-state index in [2.05, 4.69) is 0 Å². The number of hydrogen-bond donors (Lipinski definition) is 2. The quantitative estimate of drug-likeness (QED) is 0.324. The number of rotatable bonds is 3. The van der Waals surface area contributed by atoms with Gasteiger partial charge in [0.05, 0.1) is 11.8 Å². The average molecular weight is 272 g/mol. The summed E-state index contributed by atoms with van der Waals surface area (Å²) < 4.78 is 0. The van der Waals surface area contributed by atoms with E-state index in [-0.39, 0.29) is 36.6 Å². The molecule has 1 aliphatic carbocycles. The number of fused-ring (bicyclic) bond motifs is 1. The third-order valence-corrected chi connectivity index (χ3v) is 3.69. The van der Waals surface area contributed by atoms with Crippen LogP contribution in [0.4, 0.5) is 0 Å². The highest BCUT2D eigenvalue weighted by Crippen LogP contribution is 2.38. The third-order valence-electron chi connectivity index (χ3n) is 3.38. The topological polar surface area (TPSA) is 92.5 Å². The van der Waals surface area contributed by atoms with Gasteiger partial charge in [-0.3, -0.25) is 24.7 Å². The Balaban J connectivity index is 2.05. The number of halogens is 1. The lowest BCUT2D eigenvalue weighted by Crippen LogP contribution is -2.37. The summed E-state index contributed by atoms with van der Waals surface area (Å²) >= 11 is 5.89. The van der Waals surface area contributed by atoms with Gasteiger partial charge in [0.2, 0.25) is 17.7 Å². The Morgan fingerprint density at radius 3 is 2.78 bits per heavy atom. The van der Waals surface area contributed by atoms with E-state index in [1.807, 2.05) is 5.43 Å². The molecule has 3 N–H and O–H groups in total. The minimum Gasteiger partial charge on any atom is -0.294 e. The fraction of sp³-hybridized carbons (Fsp3) is 0.545. The number of allylic oxidation sites excluding steroid dienone is 2. The Hall–Kier alpha value is -1.40. The molecule has 2 rings (SSSR count). The maximum atomic E-state index is 12.1. The van der Waals surface area contributed by atoms with Gasteiger partial charge in [0, 0.05) is 18.0 Å². The van der Waals surface area contributed by atoms with Gasteiger partial charge >= 0.3 is 0 Å². The number of nitrogens with one attached hydrogen (secondary N) is 1. The maximum Gasteiger partial charge on any atom is 0.235 e.